The minimum atomic E-state index is 0.220. The van der Waals surface area contributed by atoms with E-state index in [0.717, 1.165) is 19.3 Å². The van der Waals surface area contributed by atoms with Gasteiger partial charge in [0.2, 0.25) is 5.91 Å². The lowest BCUT2D eigenvalue weighted by Crippen LogP contribution is -2.43. The second-order valence-corrected chi connectivity index (χ2v) is 7.39. The Morgan fingerprint density at radius 1 is 1.12 bits per heavy atom. The van der Waals surface area contributed by atoms with E-state index in [2.05, 4.69) is 58.9 Å². The van der Waals surface area contributed by atoms with Crippen LogP contribution in [-0.2, 0) is 24.3 Å². The quantitative estimate of drug-likeness (QED) is 0.685. The molecule has 2 heterocycles. The molecule has 1 amide bonds. The van der Waals surface area contributed by atoms with Gasteiger partial charge in [0.05, 0.1) is 6.04 Å². The lowest BCUT2D eigenvalue weighted by molar-refractivity contribution is -0.137. The van der Waals surface area contributed by atoms with E-state index in [1.807, 2.05) is 6.07 Å². The van der Waals surface area contributed by atoms with Crippen LogP contribution in [0.5, 0.6) is 0 Å². The van der Waals surface area contributed by atoms with Crippen LogP contribution in [0, 0.1) is 6.92 Å². The molecule has 1 aliphatic carbocycles. The number of carbonyl (C=O) groups is 1. The molecule has 2 aromatic carbocycles. The zero-order chi connectivity index (χ0) is 17.0. The Bertz CT molecular complexity index is 971. The summed E-state index contributed by atoms with van der Waals surface area (Å²) >= 11 is 0. The third kappa shape index (κ3) is 2.22. The van der Waals surface area contributed by atoms with Crippen molar-refractivity contribution in [3.8, 4) is 0 Å². The Kier molecular flexibility index (Phi) is 3.24. The van der Waals surface area contributed by atoms with Gasteiger partial charge in [-0.05, 0) is 49.4 Å². The minimum Gasteiger partial charge on any atom is -0.333 e. The molecule has 126 valence electrons. The summed E-state index contributed by atoms with van der Waals surface area (Å²) in [5.41, 5.74) is 6.60. The van der Waals surface area contributed by atoms with Crippen LogP contribution < -0.4 is 0 Å². The molecule has 0 fully saturated rings. The van der Waals surface area contributed by atoms with E-state index in [9.17, 15) is 4.79 Å². The minimum absolute atomic E-state index is 0.220. The molecule has 0 spiro atoms. The molecule has 0 saturated heterocycles. The summed E-state index contributed by atoms with van der Waals surface area (Å²) in [6, 6.07) is 17.2. The van der Waals surface area contributed by atoms with Gasteiger partial charge in [-0.25, -0.2) is 0 Å². The average Bonchev–Trinajstić information content (AvgIpc) is 2.94. The fourth-order valence-corrected chi connectivity index (χ4v) is 4.66. The molecule has 0 N–H and O–H groups in total. The number of amides is 1. The first-order valence-corrected chi connectivity index (χ1v) is 9.17. The van der Waals surface area contributed by atoms with Gasteiger partial charge in [-0.1, -0.05) is 42.0 Å². The van der Waals surface area contributed by atoms with E-state index < -0.39 is 0 Å². The van der Waals surface area contributed by atoms with Gasteiger partial charge in [0.15, 0.2) is 0 Å². The summed E-state index contributed by atoms with van der Waals surface area (Å²) in [5.74, 6) is 0.243. The first-order chi connectivity index (χ1) is 12.2. The van der Waals surface area contributed by atoms with Gasteiger partial charge in [-0.15, -0.1) is 0 Å². The smallest absolute Gasteiger partial charge is 0.243 e. The van der Waals surface area contributed by atoms with Gasteiger partial charge in [0.1, 0.15) is 6.54 Å². The second-order valence-electron chi connectivity index (χ2n) is 7.39. The molecule has 1 aliphatic heterocycles. The molecule has 0 saturated carbocycles. The molecule has 2 aliphatic rings. The summed E-state index contributed by atoms with van der Waals surface area (Å²) in [7, 11) is 0. The fraction of sp³-hybridized carbons (Fsp3) is 0.318. The third-order valence-corrected chi connectivity index (χ3v) is 5.77. The van der Waals surface area contributed by atoms with E-state index in [-0.39, 0.29) is 11.9 Å². The maximum Gasteiger partial charge on any atom is 0.243 e. The zero-order valence-electron chi connectivity index (χ0n) is 14.5. The Hall–Kier alpha value is -2.55. The highest BCUT2D eigenvalue weighted by Crippen LogP contribution is 2.43. The average molecular weight is 330 g/mol. The van der Waals surface area contributed by atoms with Gasteiger partial charge in [-0.2, -0.15) is 0 Å². The van der Waals surface area contributed by atoms with E-state index in [1.165, 1.54) is 33.3 Å². The highest BCUT2D eigenvalue weighted by atomic mass is 16.2. The van der Waals surface area contributed by atoms with Crippen molar-refractivity contribution in [2.45, 2.75) is 45.3 Å². The SMILES string of the molecule is Cc1ccc2c(c1)c1c3n2CC(=O)N(Cc2ccccc2)[C@H]3CCC1. The van der Waals surface area contributed by atoms with Gasteiger partial charge in [-0.3, -0.25) is 4.79 Å². The third-order valence-electron chi connectivity index (χ3n) is 5.77. The lowest BCUT2D eigenvalue weighted by atomic mass is 9.89. The molecular weight excluding hydrogens is 308 g/mol. The molecule has 3 heteroatoms. The van der Waals surface area contributed by atoms with Crippen molar-refractivity contribution in [1.29, 1.82) is 0 Å². The van der Waals surface area contributed by atoms with Crippen LogP contribution in [0.15, 0.2) is 48.5 Å². The Labute approximate surface area is 147 Å². The molecule has 1 aromatic heterocycles. The van der Waals surface area contributed by atoms with E-state index in [1.54, 1.807) is 0 Å². The molecule has 3 nitrogen and oxygen atoms in total. The monoisotopic (exact) mass is 330 g/mol. The number of rotatable bonds is 2. The van der Waals surface area contributed by atoms with Gasteiger partial charge in [0.25, 0.3) is 0 Å². The second kappa shape index (κ2) is 5.48. The van der Waals surface area contributed by atoms with Crippen molar-refractivity contribution in [2.24, 2.45) is 0 Å². The largest absolute Gasteiger partial charge is 0.333 e. The number of hydrogen-bond acceptors (Lipinski definition) is 1. The highest BCUT2D eigenvalue weighted by Gasteiger charge is 2.38. The van der Waals surface area contributed by atoms with Crippen LogP contribution in [0.1, 0.15) is 41.3 Å². The van der Waals surface area contributed by atoms with Gasteiger partial charge in [0, 0.05) is 23.1 Å². The number of hydrogen-bond donors (Lipinski definition) is 0. The number of benzene rings is 2. The van der Waals surface area contributed by atoms with Crippen LogP contribution in [0.2, 0.25) is 0 Å². The predicted molar refractivity (Wildman–Crippen MR) is 99.3 cm³/mol. The number of aryl methyl sites for hydroxylation is 2. The van der Waals surface area contributed by atoms with E-state index in [0.29, 0.717) is 13.1 Å². The summed E-state index contributed by atoms with van der Waals surface area (Å²) in [5, 5.41) is 1.36. The standard InChI is InChI=1S/C22H22N2O/c1-15-10-11-19-18(12-15)17-8-5-9-20-22(17)24(19)14-21(25)23(20)13-16-6-3-2-4-7-16/h2-4,6-7,10-12,20H,5,8-9,13-14H2,1H3/t20-/m0/s1. The summed E-state index contributed by atoms with van der Waals surface area (Å²) < 4.78 is 2.29. The molecule has 0 unspecified atom stereocenters. The summed E-state index contributed by atoms with van der Waals surface area (Å²) in [6.45, 7) is 3.33. The van der Waals surface area contributed by atoms with Crippen molar-refractivity contribution in [2.75, 3.05) is 0 Å². The van der Waals surface area contributed by atoms with Crippen LogP contribution in [0.4, 0.5) is 0 Å². The zero-order valence-corrected chi connectivity index (χ0v) is 14.5. The first-order valence-electron chi connectivity index (χ1n) is 9.17. The number of nitrogens with zero attached hydrogens (tertiary/aromatic N) is 2. The van der Waals surface area contributed by atoms with Crippen LogP contribution in [0.25, 0.3) is 10.9 Å². The fourth-order valence-electron chi connectivity index (χ4n) is 4.66. The van der Waals surface area contributed by atoms with Crippen molar-refractivity contribution >= 4 is 16.8 Å². The molecule has 5 rings (SSSR count). The molecule has 0 radical (unpaired) electrons. The number of fused-ring (bicyclic) bond motifs is 3. The number of carbonyl (C=O) groups excluding carboxylic acids is 1. The van der Waals surface area contributed by atoms with Crippen LogP contribution >= 0.6 is 0 Å². The molecule has 25 heavy (non-hydrogen) atoms. The molecule has 3 aromatic rings. The Balaban J connectivity index is 1.65. The normalized spacial score (nSPS) is 19.3. The van der Waals surface area contributed by atoms with Crippen molar-refractivity contribution < 1.29 is 4.79 Å². The predicted octanol–water partition coefficient (Wildman–Crippen LogP) is 4.37. The lowest BCUT2D eigenvalue weighted by Gasteiger charge is -2.39. The molecule has 0 bridgehead atoms. The highest BCUT2D eigenvalue weighted by molar-refractivity contribution is 5.90. The maximum absolute atomic E-state index is 13.0. The number of aromatic nitrogens is 1. The molecular formula is C22H22N2O. The molecule has 1 atom stereocenters. The van der Waals surface area contributed by atoms with E-state index in [4.69, 9.17) is 0 Å². The van der Waals surface area contributed by atoms with Crippen LogP contribution in [-0.4, -0.2) is 15.4 Å². The Morgan fingerprint density at radius 2 is 1.96 bits per heavy atom. The Morgan fingerprint density at radius 3 is 2.80 bits per heavy atom. The topological polar surface area (TPSA) is 25.2 Å². The summed E-state index contributed by atoms with van der Waals surface area (Å²) in [4.78, 5) is 15.1. The van der Waals surface area contributed by atoms with Gasteiger partial charge >= 0.3 is 0 Å². The summed E-state index contributed by atoms with van der Waals surface area (Å²) in [6.07, 6.45) is 3.36. The first kappa shape index (κ1) is 14.8. The van der Waals surface area contributed by atoms with E-state index >= 15 is 0 Å². The van der Waals surface area contributed by atoms with Crippen LogP contribution in [0.3, 0.4) is 0 Å². The van der Waals surface area contributed by atoms with Crippen molar-refractivity contribution in [3.05, 3.63) is 70.9 Å². The maximum atomic E-state index is 13.0. The van der Waals surface area contributed by atoms with Gasteiger partial charge < -0.3 is 9.47 Å². The van der Waals surface area contributed by atoms with Crippen molar-refractivity contribution in [3.63, 3.8) is 0 Å². The van der Waals surface area contributed by atoms with Crippen molar-refractivity contribution in [1.82, 2.24) is 9.47 Å².